The Labute approximate surface area is 167 Å². The fraction of sp³-hybridized carbons (Fsp3) is 0.706. The second-order valence-corrected chi connectivity index (χ2v) is 6.31. The van der Waals surface area contributed by atoms with E-state index in [1.54, 1.807) is 0 Å². The van der Waals surface area contributed by atoms with E-state index in [2.05, 4.69) is 36.9 Å². The second kappa shape index (κ2) is 10.7. The van der Waals surface area contributed by atoms with Gasteiger partial charge in [-0.05, 0) is 25.8 Å². The highest BCUT2D eigenvalue weighted by molar-refractivity contribution is 14.0. The van der Waals surface area contributed by atoms with Crippen LogP contribution in [0.3, 0.4) is 0 Å². The molecule has 2 aliphatic heterocycles. The molecule has 0 aliphatic carbocycles. The van der Waals surface area contributed by atoms with Crippen molar-refractivity contribution in [3.8, 4) is 0 Å². The normalized spacial score (nSPS) is 19.0. The van der Waals surface area contributed by atoms with Crippen molar-refractivity contribution in [1.29, 1.82) is 0 Å². The molecule has 0 radical (unpaired) electrons. The van der Waals surface area contributed by atoms with Gasteiger partial charge < -0.3 is 15.1 Å². The summed E-state index contributed by atoms with van der Waals surface area (Å²) in [6, 6.07) is 1.86. The van der Waals surface area contributed by atoms with E-state index in [0.29, 0.717) is 0 Å². The van der Waals surface area contributed by atoms with Crippen molar-refractivity contribution >= 4 is 35.9 Å². The fourth-order valence-electron chi connectivity index (χ4n) is 3.28. The average Bonchev–Trinajstić information content (AvgIpc) is 3.17. The number of nitrogens with one attached hydrogen (secondary N) is 1. The summed E-state index contributed by atoms with van der Waals surface area (Å²) < 4.78 is 0. The molecule has 1 aromatic heterocycles. The van der Waals surface area contributed by atoms with Gasteiger partial charge in [-0.1, -0.05) is 0 Å². The monoisotopic (exact) mass is 459 g/mol. The van der Waals surface area contributed by atoms with Crippen molar-refractivity contribution < 1.29 is 0 Å². The molecule has 1 aromatic rings. The molecule has 2 aliphatic rings. The summed E-state index contributed by atoms with van der Waals surface area (Å²) >= 11 is 0. The molecule has 0 unspecified atom stereocenters. The summed E-state index contributed by atoms with van der Waals surface area (Å²) in [6.45, 7) is 11.3. The Bertz CT molecular complexity index is 511. The molecule has 0 aromatic carbocycles. The average molecular weight is 459 g/mol. The van der Waals surface area contributed by atoms with Gasteiger partial charge in [0.2, 0.25) is 5.95 Å². The number of nitrogens with zero attached hydrogens (tertiary/aromatic N) is 6. The minimum atomic E-state index is 0. The van der Waals surface area contributed by atoms with Gasteiger partial charge in [0, 0.05) is 64.8 Å². The zero-order chi connectivity index (χ0) is 16.6. The quantitative estimate of drug-likeness (QED) is 0.407. The number of guanidine groups is 1. The molecule has 0 spiro atoms. The van der Waals surface area contributed by atoms with Crippen molar-refractivity contribution in [2.24, 2.45) is 4.99 Å². The maximum absolute atomic E-state index is 4.82. The molecule has 2 saturated heterocycles. The summed E-state index contributed by atoms with van der Waals surface area (Å²) in [6.07, 6.45) is 6.19. The Morgan fingerprint density at radius 1 is 1.08 bits per heavy atom. The highest BCUT2D eigenvalue weighted by Gasteiger charge is 2.19. The van der Waals surface area contributed by atoms with Crippen LogP contribution in [0.1, 0.15) is 19.8 Å². The first-order chi connectivity index (χ1) is 11.9. The van der Waals surface area contributed by atoms with Crippen molar-refractivity contribution in [3.05, 3.63) is 18.5 Å². The third-order valence-electron chi connectivity index (χ3n) is 4.63. The molecule has 0 bridgehead atoms. The molecule has 8 heteroatoms. The van der Waals surface area contributed by atoms with Crippen LogP contribution in [0.15, 0.2) is 23.5 Å². The number of rotatable bonds is 5. The molecule has 3 heterocycles. The standard InChI is InChI=1S/C17H29N7.HI/c1-2-18-16(23-9-3-4-10-23)21-8-11-22-12-14-24(15-13-22)17-19-6-5-7-20-17;/h5-7H,2-4,8-15H2,1H3,(H,18,21);1H. The Morgan fingerprint density at radius 3 is 2.40 bits per heavy atom. The van der Waals surface area contributed by atoms with Crippen LogP contribution in [-0.2, 0) is 0 Å². The van der Waals surface area contributed by atoms with Gasteiger partial charge in [-0.2, -0.15) is 0 Å². The van der Waals surface area contributed by atoms with Crippen LogP contribution in [0.2, 0.25) is 0 Å². The molecule has 0 saturated carbocycles. The van der Waals surface area contributed by atoms with Crippen molar-refractivity contribution in [2.45, 2.75) is 19.8 Å². The van der Waals surface area contributed by atoms with Crippen molar-refractivity contribution in [1.82, 2.24) is 25.1 Å². The van der Waals surface area contributed by atoms with Crippen LogP contribution in [0, 0.1) is 0 Å². The molecule has 0 amide bonds. The highest BCUT2D eigenvalue weighted by Crippen LogP contribution is 2.10. The van der Waals surface area contributed by atoms with E-state index in [0.717, 1.165) is 70.8 Å². The lowest BCUT2D eigenvalue weighted by atomic mass is 10.3. The number of aliphatic imine (C=N–C) groups is 1. The van der Waals surface area contributed by atoms with Crippen LogP contribution in [0.5, 0.6) is 0 Å². The summed E-state index contributed by atoms with van der Waals surface area (Å²) in [5.74, 6) is 1.94. The molecule has 1 N–H and O–H groups in total. The number of hydrogen-bond acceptors (Lipinski definition) is 5. The molecule has 25 heavy (non-hydrogen) atoms. The number of halogens is 1. The molecule has 2 fully saturated rings. The van der Waals surface area contributed by atoms with E-state index >= 15 is 0 Å². The predicted molar refractivity (Wildman–Crippen MR) is 113 cm³/mol. The van der Waals surface area contributed by atoms with E-state index in [1.165, 1.54) is 12.8 Å². The molecule has 3 rings (SSSR count). The van der Waals surface area contributed by atoms with E-state index in [1.807, 2.05) is 18.5 Å². The molecular formula is C17H30IN7. The summed E-state index contributed by atoms with van der Waals surface area (Å²) in [7, 11) is 0. The van der Waals surface area contributed by atoms with E-state index in [4.69, 9.17) is 4.99 Å². The first-order valence-corrected chi connectivity index (χ1v) is 9.14. The lowest BCUT2D eigenvalue weighted by Crippen LogP contribution is -2.48. The smallest absolute Gasteiger partial charge is 0.225 e. The maximum Gasteiger partial charge on any atom is 0.225 e. The number of piperazine rings is 1. The summed E-state index contributed by atoms with van der Waals surface area (Å²) in [4.78, 5) is 20.6. The number of anilines is 1. The predicted octanol–water partition coefficient (Wildman–Crippen LogP) is 1.28. The van der Waals surface area contributed by atoms with Crippen LogP contribution in [-0.4, -0.2) is 84.6 Å². The third-order valence-corrected chi connectivity index (χ3v) is 4.63. The largest absolute Gasteiger partial charge is 0.357 e. The van der Waals surface area contributed by atoms with E-state index < -0.39 is 0 Å². The Hall–Kier alpha value is -1.16. The van der Waals surface area contributed by atoms with Gasteiger partial charge in [-0.15, -0.1) is 24.0 Å². The minimum absolute atomic E-state index is 0. The van der Waals surface area contributed by atoms with Crippen molar-refractivity contribution in [3.63, 3.8) is 0 Å². The molecule has 0 atom stereocenters. The first kappa shape index (κ1) is 20.2. The van der Waals surface area contributed by atoms with E-state index in [9.17, 15) is 0 Å². The lowest BCUT2D eigenvalue weighted by molar-refractivity contribution is 0.263. The van der Waals surface area contributed by atoms with Gasteiger partial charge in [-0.25, -0.2) is 9.97 Å². The van der Waals surface area contributed by atoms with E-state index in [-0.39, 0.29) is 24.0 Å². The van der Waals surface area contributed by atoms with Gasteiger partial charge in [-0.3, -0.25) is 9.89 Å². The SMILES string of the molecule is CCNC(=NCCN1CCN(c2ncccn2)CC1)N1CCCC1.I. The first-order valence-electron chi connectivity index (χ1n) is 9.14. The zero-order valence-corrected chi connectivity index (χ0v) is 17.4. The van der Waals surface area contributed by atoms with Gasteiger partial charge in [0.05, 0.1) is 6.54 Å². The topological polar surface area (TPSA) is 59.9 Å². The fourth-order valence-corrected chi connectivity index (χ4v) is 3.28. The Balaban J connectivity index is 0.00000225. The summed E-state index contributed by atoms with van der Waals surface area (Å²) in [5, 5.41) is 3.42. The lowest BCUT2D eigenvalue weighted by Gasteiger charge is -2.34. The van der Waals surface area contributed by atoms with Crippen molar-refractivity contribution in [2.75, 3.05) is 63.8 Å². The van der Waals surface area contributed by atoms with Crippen LogP contribution >= 0.6 is 24.0 Å². The third kappa shape index (κ3) is 5.95. The molecule has 140 valence electrons. The molecule has 7 nitrogen and oxygen atoms in total. The number of likely N-dealkylation sites (tertiary alicyclic amines) is 1. The Morgan fingerprint density at radius 2 is 1.76 bits per heavy atom. The second-order valence-electron chi connectivity index (χ2n) is 6.31. The van der Waals surface area contributed by atoms with Gasteiger partial charge in [0.15, 0.2) is 5.96 Å². The zero-order valence-electron chi connectivity index (χ0n) is 15.1. The summed E-state index contributed by atoms with van der Waals surface area (Å²) in [5.41, 5.74) is 0. The number of hydrogen-bond donors (Lipinski definition) is 1. The highest BCUT2D eigenvalue weighted by atomic mass is 127. The maximum atomic E-state index is 4.82. The minimum Gasteiger partial charge on any atom is -0.357 e. The van der Waals surface area contributed by atoms with Gasteiger partial charge >= 0.3 is 0 Å². The Kier molecular flexibility index (Phi) is 8.66. The molecular weight excluding hydrogens is 429 g/mol. The van der Waals surface area contributed by atoms with Crippen LogP contribution in [0.4, 0.5) is 5.95 Å². The van der Waals surface area contributed by atoms with Crippen LogP contribution < -0.4 is 10.2 Å². The number of aromatic nitrogens is 2. The van der Waals surface area contributed by atoms with Crippen LogP contribution in [0.25, 0.3) is 0 Å². The van der Waals surface area contributed by atoms with Gasteiger partial charge in [0.25, 0.3) is 0 Å². The van der Waals surface area contributed by atoms with Gasteiger partial charge in [0.1, 0.15) is 0 Å².